The van der Waals surface area contributed by atoms with Gasteiger partial charge in [-0.3, -0.25) is 4.98 Å². The molecule has 0 fully saturated rings. The number of hydrogen-bond acceptors (Lipinski definition) is 4. The molecule has 4 heteroatoms. The lowest BCUT2D eigenvalue weighted by molar-refractivity contribution is 0.399. The smallest absolute Gasteiger partial charge is 0.153 e. The monoisotopic (exact) mass is 851 g/mol. The minimum Gasteiger partial charge on any atom is -0.454 e. The van der Waals surface area contributed by atoms with Crippen LogP contribution in [0.5, 0.6) is 0 Å². The van der Waals surface area contributed by atoms with Gasteiger partial charge >= 0.3 is 0 Å². The highest BCUT2D eigenvalue weighted by Gasteiger charge is 2.16. The maximum Gasteiger partial charge on any atom is 0.153 e. The lowest BCUT2D eigenvalue weighted by Gasteiger charge is -2.10. The van der Waals surface area contributed by atoms with Crippen molar-refractivity contribution in [3.8, 4) is 47.9 Å². The number of pyridine rings is 1. The van der Waals surface area contributed by atoms with Crippen LogP contribution in [0.1, 0.15) is 78.9 Å². The van der Waals surface area contributed by atoms with Crippen molar-refractivity contribution in [2.24, 2.45) is 0 Å². The van der Waals surface area contributed by atoms with Crippen LogP contribution in [0.25, 0.3) is 55.3 Å². The topological polar surface area (TPSA) is 46.3 Å². The Morgan fingerprint density at radius 2 is 1.41 bits per heavy atom. The number of rotatable bonds is 12. The van der Waals surface area contributed by atoms with Crippen molar-refractivity contribution >= 4 is 44.8 Å². The van der Waals surface area contributed by atoms with E-state index >= 15 is 0 Å². The molecule has 1 aliphatic heterocycles. The number of aliphatic hydroxyl groups is 1. The van der Waals surface area contributed by atoms with Crippen LogP contribution in [0.15, 0.2) is 191 Å². The molecule has 3 nitrogen and oxygen atoms in total. The van der Waals surface area contributed by atoms with Gasteiger partial charge in [-0.05, 0) is 127 Å². The fourth-order valence-corrected chi connectivity index (χ4v) is 7.94. The third kappa shape index (κ3) is 15.4. The summed E-state index contributed by atoms with van der Waals surface area (Å²) in [6, 6.07) is 34.8. The van der Waals surface area contributed by atoms with E-state index in [9.17, 15) is 0 Å². The van der Waals surface area contributed by atoms with Crippen LogP contribution in [0.3, 0.4) is 0 Å². The molecule has 0 bridgehead atoms. The molecule has 63 heavy (non-hydrogen) atoms. The van der Waals surface area contributed by atoms with Crippen LogP contribution in [-0.4, -0.2) is 23.0 Å². The lowest BCUT2D eigenvalue weighted by Crippen LogP contribution is -1.86. The number of furan rings is 1. The van der Waals surface area contributed by atoms with Gasteiger partial charge in [-0.15, -0.1) is 37.5 Å². The standard InChI is InChI=1S/C50H45NOS.2C2H6.2C2H2.CH4O/c1-5-13-37(23-22-36(4)29-44-34-53-50-21-10-9-20-45(44)50)14-7-6-8-15-38(28-35(2)3)39-16-11-17-40(30-39)41-18-12-19-42(31-41)43-24-25-48-47(32-43)46-26-27-51-33-49(46)52-48;5*1-2/h5-7,9-13,15-21,23-33H,4,8,14,22,34H2,1-3H3;2*1-2H3;2*1-2H;2H,1H3/b7-6-,13-5-,37-23+,38-15+,44-29+;;;;;. The first-order valence-corrected chi connectivity index (χ1v) is 22.4. The molecule has 0 atom stereocenters. The number of thioether (sulfide) groups is 1. The summed E-state index contributed by atoms with van der Waals surface area (Å²) in [5, 5.41) is 9.20. The second-order valence-corrected chi connectivity index (χ2v) is 14.8. The molecule has 0 saturated carbocycles. The molecule has 0 saturated heterocycles. The van der Waals surface area contributed by atoms with Gasteiger partial charge in [0.15, 0.2) is 5.58 Å². The minimum atomic E-state index is 0.813. The number of aliphatic hydroxyl groups excluding tert-OH is 1. The maximum absolute atomic E-state index is 7.00. The third-order valence-corrected chi connectivity index (χ3v) is 10.6. The van der Waals surface area contributed by atoms with Gasteiger partial charge in [0.05, 0.1) is 6.20 Å². The molecular weight excluding hydrogens is 787 g/mol. The predicted molar refractivity (Wildman–Crippen MR) is 281 cm³/mol. The number of hydrogen-bond donors (Lipinski definition) is 1. The average molecular weight is 852 g/mol. The van der Waals surface area contributed by atoms with Gasteiger partial charge in [-0.25, -0.2) is 0 Å². The van der Waals surface area contributed by atoms with Crippen LogP contribution in [-0.2, 0) is 0 Å². The summed E-state index contributed by atoms with van der Waals surface area (Å²) < 4.78 is 6.02. The first-order chi connectivity index (χ1) is 30.9. The number of aromatic nitrogens is 1. The van der Waals surface area contributed by atoms with E-state index in [0.29, 0.717) is 0 Å². The average Bonchev–Trinajstić information content (AvgIpc) is 3.94. The van der Waals surface area contributed by atoms with Crippen molar-refractivity contribution < 1.29 is 9.52 Å². The summed E-state index contributed by atoms with van der Waals surface area (Å²) in [6.07, 6.45) is 40.3. The Kier molecular flexibility index (Phi) is 24.7. The molecule has 0 radical (unpaired) electrons. The zero-order chi connectivity index (χ0) is 46.6. The highest BCUT2D eigenvalue weighted by molar-refractivity contribution is 8.00. The van der Waals surface area contributed by atoms with Crippen LogP contribution >= 0.6 is 11.8 Å². The summed E-state index contributed by atoms with van der Waals surface area (Å²) in [7, 11) is 1.00. The van der Waals surface area contributed by atoms with E-state index in [-0.39, 0.29) is 0 Å². The lowest BCUT2D eigenvalue weighted by atomic mass is 9.95. The first kappa shape index (κ1) is 52.6. The van der Waals surface area contributed by atoms with Gasteiger partial charge in [-0.2, -0.15) is 0 Å². The van der Waals surface area contributed by atoms with Gasteiger partial charge in [0, 0.05) is 34.7 Å². The highest BCUT2D eigenvalue weighted by Crippen LogP contribution is 2.39. The van der Waals surface area contributed by atoms with E-state index < -0.39 is 0 Å². The quantitative estimate of drug-likeness (QED) is 0.0757. The minimum absolute atomic E-state index is 0.813. The molecule has 324 valence electrons. The highest BCUT2D eigenvalue weighted by atomic mass is 32.2. The van der Waals surface area contributed by atoms with Crippen LogP contribution in [0, 0.1) is 25.7 Å². The van der Waals surface area contributed by atoms with Gasteiger partial charge in [0.2, 0.25) is 0 Å². The molecule has 7 rings (SSSR count). The number of nitrogens with zero attached hydrogens (tertiary/aromatic N) is 1. The predicted octanol–water partition coefficient (Wildman–Crippen LogP) is 16.8. The number of benzene rings is 4. The van der Waals surface area contributed by atoms with Crippen molar-refractivity contribution in [2.75, 3.05) is 12.9 Å². The molecule has 0 unspecified atom stereocenters. The number of allylic oxidation sites excluding steroid dienone is 12. The Morgan fingerprint density at radius 3 is 2.11 bits per heavy atom. The fourth-order valence-electron chi connectivity index (χ4n) is 6.86. The Labute approximate surface area is 383 Å². The number of terminal acetylenes is 2. The van der Waals surface area contributed by atoms with Crippen molar-refractivity contribution in [1.29, 1.82) is 0 Å². The molecule has 0 spiro atoms. The largest absolute Gasteiger partial charge is 0.454 e. The molecule has 1 N–H and O–H groups in total. The fraction of sp³-hybridized carbons (Fsp3) is 0.203. The van der Waals surface area contributed by atoms with Crippen molar-refractivity contribution in [3.63, 3.8) is 0 Å². The summed E-state index contributed by atoms with van der Waals surface area (Å²) in [5.41, 5.74) is 15.3. The molecule has 6 aromatic rings. The van der Waals surface area contributed by atoms with Gasteiger partial charge in [0.1, 0.15) is 5.58 Å². The van der Waals surface area contributed by atoms with Gasteiger partial charge in [-0.1, -0.05) is 155 Å². The Hall–Kier alpha value is -6.56. The Bertz CT molecular complexity index is 2570. The van der Waals surface area contributed by atoms with Gasteiger partial charge < -0.3 is 9.52 Å². The Balaban J connectivity index is 0.00000128. The van der Waals surface area contributed by atoms with Crippen LogP contribution in [0.2, 0.25) is 0 Å². The van der Waals surface area contributed by atoms with E-state index in [1.54, 1.807) is 6.20 Å². The van der Waals surface area contributed by atoms with Gasteiger partial charge in [0.25, 0.3) is 0 Å². The summed E-state index contributed by atoms with van der Waals surface area (Å²) in [6.45, 7) is 18.8. The molecule has 1 aliphatic rings. The van der Waals surface area contributed by atoms with E-state index in [1.165, 1.54) is 55.0 Å². The second kappa shape index (κ2) is 29.7. The molecule has 0 amide bonds. The van der Waals surface area contributed by atoms with E-state index in [1.807, 2.05) is 51.7 Å². The van der Waals surface area contributed by atoms with Crippen molar-refractivity contribution in [1.82, 2.24) is 4.98 Å². The molecular formula is C59H65NO2S. The summed E-state index contributed by atoms with van der Waals surface area (Å²) in [4.78, 5) is 5.59. The van der Waals surface area contributed by atoms with Crippen molar-refractivity contribution in [2.45, 2.75) is 72.6 Å². The van der Waals surface area contributed by atoms with Crippen molar-refractivity contribution in [3.05, 3.63) is 192 Å². The van der Waals surface area contributed by atoms with Crippen LogP contribution < -0.4 is 0 Å². The second-order valence-electron chi connectivity index (χ2n) is 13.7. The van der Waals surface area contributed by atoms with E-state index in [2.05, 4.69) is 198 Å². The molecule has 3 heterocycles. The third-order valence-electron chi connectivity index (χ3n) is 9.44. The Morgan fingerprint density at radius 1 is 0.746 bits per heavy atom. The first-order valence-electron chi connectivity index (χ1n) is 21.5. The molecule has 2 aromatic heterocycles. The maximum atomic E-state index is 7.00. The molecule has 0 aliphatic carbocycles. The molecule has 4 aromatic carbocycles. The summed E-state index contributed by atoms with van der Waals surface area (Å²) in [5.74, 6) is 1.02. The van der Waals surface area contributed by atoms with E-state index in [4.69, 9.17) is 9.52 Å². The number of fused-ring (bicyclic) bond motifs is 4. The zero-order valence-corrected chi connectivity index (χ0v) is 39.4. The summed E-state index contributed by atoms with van der Waals surface area (Å²) >= 11 is 1.91. The normalized spacial score (nSPS) is 12.3. The van der Waals surface area contributed by atoms with Crippen LogP contribution in [0.4, 0.5) is 0 Å². The SMILES string of the molecule is C#C.C#C.C=C(/C=C1\CSc2ccccc21)C/C=C(\C=C/C)C/C=C\C/C=C(\C=C(C)C)c1cccc(-c2cccc(-c3ccc4oc5cnccc5c4c3)c2)c1.CC.CC.CO. The van der Waals surface area contributed by atoms with E-state index in [0.717, 1.165) is 65.2 Å². The zero-order valence-electron chi connectivity index (χ0n) is 38.6.